The lowest BCUT2D eigenvalue weighted by Gasteiger charge is -2.15. The molecule has 0 spiro atoms. The summed E-state index contributed by atoms with van der Waals surface area (Å²) in [5.74, 6) is 0. The second-order valence-corrected chi connectivity index (χ2v) is 3.43. The summed E-state index contributed by atoms with van der Waals surface area (Å²) in [6.07, 6.45) is 0.709. The zero-order valence-corrected chi connectivity index (χ0v) is 8.69. The van der Waals surface area contributed by atoms with E-state index in [9.17, 15) is 4.79 Å². The molecular weight excluding hydrogens is 192 g/mol. The van der Waals surface area contributed by atoms with Crippen molar-refractivity contribution in [1.82, 2.24) is 5.01 Å². The van der Waals surface area contributed by atoms with Crippen molar-refractivity contribution in [2.24, 2.45) is 0 Å². The number of hydrogen-bond acceptors (Lipinski definition) is 3. The number of anilines is 1. The minimum absolute atomic E-state index is 0.311. The maximum absolute atomic E-state index is 11.1. The number of hydrogen-bond donors (Lipinski definition) is 1. The minimum Gasteiger partial charge on any atom is -0.446 e. The molecule has 0 atom stereocenters. The summed E-state index contributed by atoms with van der Waals surface area (Å²) >= 11 is 0. The zero-order chi connectivity index (χ0) is 10.7. The van der Waals surface area contributed by atoms with Crippen LogP contribution in [0.3, 0.4) is 0 Å². The molecule has 0 aliphatic carbocycles. The van der Waals surface area contributed by atoms with Gasteiger partial charge in [0.1, 0.15) is 6.61 Å². The van der Waals surface area contributed by atoms with E-state index in [1.807, 2.05) is 24.3 Å². The van der Waals surface area contributed by atoms with Crippen LogP contribution in [0.1, 0.15) is 12.5 Å². The number of ether oxygens (including phenoxy) is 1. The van der Waals surface area contributed by atoms with Crippen LogP contribution in [0.25, 0.3) is 0 Å². The van der Waals surface area contributed by atoms with Crippen LogP contribution >= 0.6 is 0 Å². The van der Waals surface area contributed by atoms with Gasteiger partial charge in [-0.3, -0.25) is 5.43 Å². The van der Waals surface area contributed by atoms with Gasteiger partial charge < -0.3 is 4.74 Å². The Morgan fingerprint density at radius 1 is 1.40 bits per heavy atom. The van der Waals surface area contributed by atoms with Crippen LogP contribution in [0.15, 0.2) is 24.3 Å². The Balaban J connectivity index is 2.01. The summed E-state index contributed by atoms with van der Waals surface area (Å²) in [6.45, 7) is 3.16. The highest BCUT2D eigenvalue weighted by Crippen LogP contribution is 2.12. The van der Waals surface area contributed by atoms with Crippen LogP contribution in [-0.2, 0) is 11.2 Å². The van der Waals surface area contributed by atoms with Crippen molar-refractivity contribution in [1.29, 1.82) is 0 Å². The molecule has 1 aromatic rings. The lowest BCUT2D eigenvalue weighted by molar-refractivity contribution is 0.163. The Morgan fingerprint density at radius 3 is 2.67 bits per heavy atom. The maximum Gasteiger partial charge on any atom is 0.428 e. The molecule has 1 saturated heterocycles. The first kappa shape index (κ1) is 9.83. The van der Waals surface area contributed by atoms with Crippen molar-refractivity contribution in [3.63, 3.8) is 0 Å². The number of amides is 1. The van der Waals surface area contributed by atoms with Gasteiger partial charge in [0.15, 0.2) is 0 Å². The van der Waals surface area contributed by atoms with Crippen molar-refractivity contribution in [3.05, 3.63) is 29.8 Å². The largest absolute Gasteiger partial charge is 0.446 e. The third kappa shape index (κ3) is 2.21. The number of aryl methyl sites for hydroxylation is 1. The quantitative estimate of drug-likeness (QED) is 0.822. The number of cyclic esters (lactones) is 1. The topological polar surface area (TPSA) is 41.6 Å². The molecule has 1 amide bonds. The predicted molar refractivity (Wildman–Crippen MR) is 57.5 cm³/mol. The highest BCUT2D eigenvalue weighted by atomic mass is 16.6. The van der Waals surface area contributed by atoms with Crippen molar-refractivity contribution in [2.75, 3.05) is 18.6 Å². The van der Waals surface area contributed by atoms with Crippen LogP contribution in [0.5, 0.6) is 0 Å². The SMILES string of the molecule is CCc1ccc(NN2CCOC2=O)cc1. The van der Waals surface area contributed by atoms with Crippen molar-refractivity contribution < 1.29 is 9.53 Å². The van der Waals surface area contributed by atoms with E-state index in [1.165, 1.54) is 10.6 Å². The van der Waals surface area contributed by atoms with E-state index in [-0.39, 0.29) is 6.09 Å². The van der Waals surface area contributed by atoms with Crippen molar-refractivity contribution in [3.8, 4) is 0 Å². The average molecular weight is 206 g/mol. The molecule has 15 heavy (non-hydrogen) atoms. The van der Waals surface area contributed by atoms with E-state index in [2.05, 4.69) is 12.3 Å². The number of carbonyl (C=O) groups excluding carboxylic acids is 1. The first-order valence-electron chi connectivity index (χ1n) is 5.09. The fourth-order valence-corrected chi connectivity index (χ4v) is 1.47. The van der Waals surface area contributed by atoms with Gasteiger partial charge in [0.2, 0.25) is 0 Å². The van der Waals surface area contributed by atoms with E-state index in [4.69, 9.17) is 4.74 Å². The highest BCUT2D eigenvalue weighted by molar-refractivity contribution is 5.71. The van der Waals surface area contributed by atoms with Gasteiger partial charge in [-0.15, -0.1) is 0 Å². The van der Waals surface area contributed by atoms with Gasteiger partial charge >= 0.3 is 6.09 Å². The zero-order valence-electron chi connectivity index (χ0n) is 8.69. The van der Waals surface area contributed by atoms with Gasteiger partial charge in [0, 0.05) is 0 Å². The molecule has 0 unspecified atom stereocenters. The van der Waals surface area contributed by atoms with Gasteiger partial charge in [0.05, 0.1) is 12.2 Å². The molecule has 4 heteroatoms. The van der Waals surface area contributed by atoms with Crippen LogP contribution in [0.2, 0.25) is 0 Å². The molecule has 4 nitrogen and oxygen atoms in total. The molecule has 0 radical (unpaired) electrons. The maximum atomic E-state index is 11.1. The van der Waals surface area contributed by atoms with E-state index >= 15 is 0 Å². The number of nitrogens with one attached hydrogen (secondary N) is 1. The molecule has 1 aliphatic heterocycles. The smallest absolute Gasteiger partial charge is 0.428 e. The number of rotatable bonds is 3. The summed E-state index contributed by atoms with van der Waals surface area (Å²) in [5, 5.41) is 1.47. The standard InChI is InChI=1S/C11H14N2O2/c1-2-9-3-5-10(6-4-9)12-13-7-8-15-11(13)14/h3-6,12H,2,7-8H2,1H3. The summed E-state index contributed by atoms with van der Waals surface area (Å²) in [6, 6.07) is 8.02. The molecule has 1 aromatic carbocycles. The van der Waals surface area contributed by atoms with Crippen LogP contribution in [0, 0.1) is 0 Å². The Hall–Kier alpha value is -1.71. The van der Waals surface area contributed by atoms with Gasteiger partial charge in [-0.2, -0.15) is 0 Å². The number of nitrogens with zero attached hydrogens (tertiary/aromatic N) is 1. The normalized spacial score (nSPS) is 15.3. The van der Waals surface area contributed by atoms with Crippen molar-refractivity contribution in [2.45, 2.75) is 13.3 Å². The van der Waals surface area contributed by atoms with Crippen LogP contribution < -0.4 is 5.43 Å². The summed E-state index contributed by atoms with van der Waals surface area (Å²) in [5.41, 5.74) is 5.19. The summed E-state index contributed by atoms with van der Waals surface area (Å²) in [4.78, 5) is 11.1. The first-order chi connectivity index (χ1) is 7.29. The first-order valence-corrected chi connectivity index (χ1v) is 5.09. The van der Waals surface area contributed by atoms with Gasteiger partial charge in [0.25, 0.3) is 0 Å². The Morgan fingerprint density at radius 2 is 2.13 bits per heavy atom. The van der Waals surface area contributed by atoms with Gasteiger partial charge in [-0.25, -0.2) is 9.80 Å². The van der Waals surface area contributed by atoms with E-state index < -0.39 is 0 Å². The second kappa shape index (κ2) is 4.21. The monoisotopic (exact) mass is 206 g/mol. The molecule has 1 N–H and O–H groups in total. The fourth-order valence-electron chi connectivity index (χ4n) is 1.47. The molecule has 0 bridgehead atoms. The molecule has 1 heterocycles. The molecule has 1 fully saturated rings. The second-order valence-electron chi connectivity index (χ2n) is 3.43. The van der Waals surface area contributed by atoms with Crippen molar-refractivity contribution >= 4 is 11.8 Å². The van der Waals surface area contributed by atoms with E-state index in [0.717, 1.165) is 12.1 Å². The molecule has 1 aliphatic rings. The lowest BCUT2D eigenvalue weighted by Crippen LogP contribution is -2.30. The summed E-state index contributed by atoms with van der Waals surface area (Å²) in [7, 11) is 0. The van der Waals surface area contributed by atoms with Gasteiger partial charge in [-0.05, 0) is 24.1 Å². The minimum atomic E-state index is -0.311. The van der Waals surface area contributed by atoms with E-state index in [1.54, 1.807) is 0 Å². The number of benzene rings is 1. The number of carbonyl (C=O) groups is 1. The van der Waals surface area contributed by atoms with Crippen LogP contribution in [0.4, 0.5) is 10.5 Å². The molecular formula is C11H14N2O2. The molecule has 0 saturated carbocycles. The van der Waals surface area contributed by atoms with Gasteiger partial charge in [-0.1, -0.05) is 19.1 Å². The van der Waals surface area contributed by atoms with Crippen LogP contribution in [-0.4, -0.2) is 24.3 Å². The molecule has 0 aromatic heterocycles. The lowest BCUT2D eigenvalue weighted by atomic mass is 10.2. The Labute approximate surface area is 88.8 Å². The predicted octanol–water partition coefficient (Wildman–Crippen LogP) is 2.03. The summed E-state index contributed by atoms with van der Waals surface area (Å²) < 4.78 is 4.81. The average Bonchev–Trinajstić information content (AvgIpc) is 2.66. The number of hydrazine groups is 1. The van der Waals surface area contributed by atoms with E-state index in [0.29, 0.717) is 13.2 Å². The Bertz CT molecular complexity index is 348. The molecule has 2 rings (SSSR count). The highest BCUT2D eigenvalue weighted by Gasteiger charge is 2.21. The third-order valence-corrected chi connectivity index (χ3v) is 2.39. The third-order valence-electron chi connectivity index (χ3n) is 2.39. The Kier molecular flexibility index (Phi) is 2.76. The molecule has 80 valence electrons. The fraction of sp³-hybridized carbons (Fsp3) is 0.364.